The van der Waals surface area contributed by atoms with Crippen molar-refractivity contribution in [1.82, 2.24) is 14.8 Å². The van der Waals surface area contributed by atoms with Gasteiger partial charge < -0.3 is 4.90 Å². The molecule has 1 atom stereocenters. The lowest BCUT2D eigenvalue weighted by molar-refractivity contribution is -0.127. The van der Waals surface area contributed by atoms with E-state index in [-0.39, 0.29) is 11.9 Å². The van der Waals surface area contributed by atoms with Crippen LogP contribution in [0, 0.1) is 12.5 Å². The van der Waals surface area contributed by atoms with Crippen LogP contribution in [0.1, 0.15) is 42.9 Å². The molecule has 0 aromatic carbocycles. The van der Waals surface area contributed by atoms with Crippen molar-refractivity contribution in [3.05, 3.63) is 11.1 Å². The highest BCUT2D eigenvalue weighted by atomic mass is 32.1. The monoisotopic (exact) mass is 344 g/mol. The molecule has 1 aromatic rings. The highest BCUT2D eigenvalue weighted by molar-refractivity contribution is 7.15. The summed E-state index contributed by atoms with van der Waals surface area (Å²) in [5, 5.41) is 0.873. The summed E-state index contributed by atoms with van der Waals surface area (Å²) in [6, 6.07) is 2.56. The van der Waals surface area contributed by atoms with Crippen molar-refractivity contribution in [3.8, 4) is 12.5 Å². The summed E-state index contributed by atoms with van der Waals surface area (Å²) < 4.78 is 0. The first-order valence-corrected chi connectivity index (χ1v) is 9.80. The lowest BCUT2D eigenvalue weighted by Gasteiger charge is -2.44. The summed E-state index contributed by atoms with van der Waals surface area (Å²) in [6.45, 7) is 4.01. The summed E-state index contributed by atoms with van der Waals surface area (Å²) in [5.74, 6) is 0.804. The molecule has 1 amide bonds. The molecule has 5 nitrogen and oxygen atoms in total. The molecule has 3 heterocycles. The topological polar surface area (TPSA) is 39.7 Å². The Bertz CT molecular complexity index is 646. The van der Waals surface area contributed by atoms with Crippen molar-refractivity contribution in [1.29, 1.82) is 0 Å². The molecule has 0 spiro atoms. The van der Waals surface area contributed by atoms with Gasteiger partial charge in [-0.05, 0) is 18.8 Å². The fourth-order valence-electron chi connectivity index (χ4n) is 4.13. The maximum Gasteiger partial charge on any atom is 0.248 e. The number of aromatic nitrogens is 1. The molecule has 24 heavy (non-hydrogen) atoms. The molecule has 1 aromatic heterocycles. The van der Waals surface area contributed by atoms with Gasteiger partial charge in [-0.1, -0.05) is 25.7 Å². The molecule has 3 aliphatic rings. The summed E-state index contributed by atoms with van der Waals surface area (Å²) in [7, 11) is 0. The van der Waals surface area contributed by atoms with Crippen LogP contribution in [0.3, 0.4) is 0 Å². The Kier molecular flexibility index (Phi) is 4.47. The van der Waals surface area contributed by atoms with Gasteiger partial charge >= 0.3 is 0 Å². The molecule has 1 aliphatic carbocycles. The average molecular weight is 344 g/mol. The number of hydrogen-bond donors (Lipinski definition) is 0. The number of rotatable bonds is 2. The molecular formula is C18H24N4OS. The van der Waals surface area contributed by atoms with E-state index >= 15 is 0 Å². The minimum Gasteiger partial charge on any atom is -0.329 e. The van der Waals surface area contributed by atoms with Gasteiger partial charge in [0.15, 0.2) is 5.13 Å². The third kappa shape index (κ3) is 2.91. The fraction of sp³-hybridized carbons (Fsp3) is 0.667. The minimum atomic E-state index is -0.120. The van der Waals surface area contributed by atoms with Gasteiger partial charge in [-0.2, -0.15) is 0 Å². The summed E-state index contributed by atoms with van der Waals surface area (Å²) in [6.07, 6.45) is 14.1. The van der Waals surface area contributed by atoms with Crippen LogP contribution in [-0.4, -0.2) is 59.5 Å². The first kappa shape index (κ1) is 15.9. The third-order valence-corrected chi connectivity index (χ3v) is 6.77. The smallest absolute Gasteiger partial charge is 0.248 e. The Morgan fingerprint density at radius 3 is 2.75 bits per heavy atom. The van der Waals surface area contributed by atoms with E-state index in [4.69, 9.17) is 6.42 Å². The highest BCUT2D eigenvalue weighted by Crippen LogP contribution is 2.38. The van der Waals surface area contributed by atoms with Crippen molar-refractivity contribution < 1.29 is 4.79 Å². The van der Waals surface area contributed by atoms with Crippen LogP contribution in [0.4, 0.5) is 5.13 Å². The predicted octanol–water partition coefficient (Wildman–Crippen LogP) is 2.11. The number of fused-ring (bicyclic) bond motifs is 1. The van der Waals surface area contributed by atoms with Crippen molar-refractivity contribution in [2.75, 3.05) is 37.6 Å². The van der Waals surface area contributed by atoms with Crippen LogP contribution in [0.15, 0.2) is 6.20 Å². The van der Waals surface area contributed by atoms with Crippen LogP contribution in [0.25, 0.3) is 0 Å². The van der Waals surface area contributed by atoms with Crippen molar-refractivity contribution in [2.24, 2.45) is 0 Å². The van der Waals surface area contributed by atoms with Crippen LogP contribution >= 0.6 is 11.3 Å². The molecule has 3 fully saturated rings. The Labute approximate surface area is 147 Å². The summed E-state index contributed by atoms with van der Waals surface area (Å²) in [5.41, 5.74) is 0. The zero-order valence-corrected chi connectivity index (χ0v) is 14.8. The van der Waals surface area contributed by atoms with Crippen molar-refractivity contribution in [3.63, 3.8) is 0 Å². The molecule has 0 bridgehead atoms. The van der Waals surface area contributed by atoms with E-state index in [2.05, 4.69) is 15.9 Å². The molecular weight excluding hydrogens is 320 g/mol. The number of amides is 1. The first-order valence-electron chi connectivity index (χ1n) is 8.98. The number of carbonyl (C=O) groups excluding carboxylic acids is 1. The molecule has 6 heteroatoms. The van der Waals surface area contributed by atoms with Crippen LogP contribution in [0.2, 0.25) is 0 Å². The van der Waals surface area contributed by atoms with E-state index in [0.29, 0.717) is 12.5 Å². The normalized spacial score (nSPS) is 26.3. The van der Waals surface area contributed by atoms with Gasteiger partial charge in [-0.3, -0.25) is 14.6 Å². The molecule has 0 unspecified atom stereocenters. The van der Waals surface area contributed by atoms with E-state index in [1.807, 2.05) is 16.0 Å². The summed E-state index contributed by atoms with van der Waals surface area (Å²) in [4.78, 5) is 25.0. The largest absolute Gasteiger partial charge is 0.329 e. The van der Waals surface area contributed by atoms with Crippen molar-refractivity contribution in [2.45, 2.75) is 44.1 Å². The third-order valence-electron chi connectivity index (χ3n) is 5.59. The zero-order chi connectivity index (χ0) is 16.5. The fourth-order valence-corrected chi connectivity index (χ4v) is 5.24. The van der Waals surface area contributed by atoms with Crippen LogP contribution in [0.5, 0.6) is 0 Å². The number of thiazole rings is 1. The van der Waals surface area contributed by atoms with E-state index in [0.717, 1.165) is 31.3 Å². The maximum absolute atomic E-state index is 13.0. The summed E-state index contributed by atoms with van der Waals surface area (Å²) >= 11 is 1.72. The Morgan fingerprint density at radius 2 is 1.96 bits per heavy atom. The molecule has 0 N–H and O–H groups in total. The van der Waals surface area contributed by atoms with E-state index in [1.165, 1.54) is 37.0 Å². The molecule has 2 saturated heterocycles. The van der Waals surface area contributed by atoms with E-state index in [1.54, 1.807) is 11.3 Å². The number of piperazine rings is 2. The number of carbonyl (C=O) groups is 1. The second-order valence-corrected chi connectivity index (χ2v) is 8.04. The van der Waals surface area contributed by atoms with E-state index < -0.39 is 0 Å². The number of hydrogen-bond acceptors (Lipinski definition) is 5. The molecule has 128 valence electrons. The Balaban J connectivity index is 1.49. The van der Waals surface area contributed by atoms with Crippen molar-refractivity contribution >= 4 is 22.4 Å². The maximum atomic E-state index is 13.0. The highest BCUT2D eigenvalue weighted by Gasteiger charge is 2.39. The van der Waals surface area contributed by atoms with Crippen LogP contribution < -0.4 is 4.90 Å². The van der Waals surface area contributed by atoms with Gasteiger partial charge in [0, 0.05) is 43.3 Å². The predicted molar refractivity (Wildman–Crippen MR) is 96.1 cm³/mol. The second kappa shape index (κ2) is 6.73. The van der Waals surface area contributed by atoms with Gasteiger partial charge in [-0.25, -0.2) is 4.98 Å². The second-order valence-electron chi connectivity index (χ2n) is 7.00. The lowest BCUT2D eigenvalue weighted by atomic mass is 9.89. The zero-order valence-electron chi connectivity index (χ0n) is 14.0. The first-order chi connectivity index (χ1) is 11.8. The molecule has 1 saturated carbocycles. The number of terminal acetylenes is 1. The van der Waals surface area contributed by atoms with E-state index in [9.17, 15) is 4.79 Å². The van der Waals surface area contributed by atoms with Gasteiger partial charge in [0.05, 0.1) is 6.54 Å². The number of anilines is 1. The average Bonchev–Trinajstić information content (AvgIpc) is 3.12. The van der Waals surface area contributed by atoms with Crippen LogP contribution in [-0.2, 0) is 4.79 Å². The minimum absolute atomic E-state index is 0.120. The Hall–Kier alpha value is -1.58. The molecule has 0 radical (unpaired) electrons. The molecule has 2 aliphatic heterocycles. The van der Waals surface area contributed by atoms with Gasteiger partial charge in [0.25, 0.3) is 0 Å². The number of nitrogens with zero attached hydrogens (tertiary/aromatic N) is 4. The van der Waals surface area contributed by atoms with Gasteiger partial charge in [0.2, 0.25) is 5.91 Å². The lowest BCUT2D eigenvalue weighted by Crippen LogP contribution is -2.64. The quantitative estimate of drug-likeness (QED) is 0.771. The standard InChI is InChI=1S/C18H24N4OS/c1-2-20-8-9-21-10-11-22(17(23)15(21)13-20)18-19-12-16(24-18)14-6-4-3-5-7-14/h1,12,14-15H,3-11,13H2/t15-/m1/s1. The Morgan fingerprint density at radius 1 is 1.17 bits per heavy atom. The molecule has 4 rings (SSSR count). The SMILES string of the molecule is C#CN1CCN2CCN(c3ncc(C4CCCCC4)s3)C(=O)[C@H]2C1. The van der Waals surface area contributed by atoms with Gasteiger partial charge in [0.1, 0.15) is 6.04 Å². The van der Waals surface area contributed by atoms with Gasteiger partial charge in [-0.15, -0.1) is 11.3 Å².